The molecular formula is C24H29BrClN3O4S. The SMILES string of the molecule is CC(C(=O)NC1CCCC1)N(Cc1ccc(Br)cc1)C(=O)CN(c1ccccc1Cl)S(C)(=O)=O. The Bertz CT molecular complexity index is 1120. The van der Waals surface area contributed by atoms with Crippen LogP contribution in [0.4, 0.5) is 5.69 Å². The number of anilines is 1. The Morgan fingerprint density at radius 1 is 1.12 bits per heavy atom. The Morgan fingerprint density at radius 3 is 2.32 bits per heavy atom. The third-order valence-electron chi connectivity index (χ3n) is 5.94. The topological polar surface area (TPSA) is 86.8 Å². The van der Waals surface area contributed by atoms with Gasteiger partial charge in [0.25, 0.3) is 0 Å². The minimum Gasteiger partial charge on any atom is -0.352 e. The van der Waals surface area contributed by atoms with Crippen LogP contribution in [0, 0.1) is 0 Å². The average molecular weight is 571 g/mol. The Labute approximate surface area is 214 Å². The molecule has 184 valence electrons. The fourth-order valence-electron chi connectivity index (χ4n) is 4.01. The first kappa shape index (κ1) is 26.5. The van der Waals surface area contributed by atoms with Crippen molar-refractivity contribution in [2.24, 2.45) is 0 Å². The van der Waals surface area contributed by atoms with E-state index in [0.717, 1.165) is 46.3 Å². The molecule has 1 atom stereocenters. The van der Waals surface area contributed by atoms with Gasteiger partial charge in [0, 0.05) is 17.1 Å². The van der Waals surface area contributed by atoms with Crippen molar-refractivity contribution in [2.75, 3.05) is 17.1 Å². The van der Waals surface area contributed by atoms with Gasteiger partial charge in [-0.1, -0.05) is 64.6 Å². The van der Waals surface area contributed by atoms with Crippen molar-refractivity contribution in [3.05, 3.63) is 63.6 Å². The number of carbonyl (C=O) groups is 2. The molecule has 2 amide bonds. The highest BCUT2D eigenvalue weighted by molar-refractivity contribution is 9.10. The maximum absolute atomic E-state index is 13.5. The summed E-state index contributed by atoms with van der Waals surface area (Å²) in [6.07, 6.45) is 5.02. The summed E-state index contributed by atoms with van der Waals surface area (Å²) in [5.41, 5.74) is 1.03. The van der Waals surface area contributed by atoms with Crippen molar-refractivity contribution in [1.29, 1.82) is 0 Å². The van der Waals surface area contributed by atoms with Crippen molar-refractivity contribution >= 4 is 55.1 Å². The molecule has 0 saturated heterocycles. The normalized spacial score (nSPS) is 15.1. The van der Waals surface area contributed by atoms with E-state index in [1.165, 1.54) is 4.90 Å². The van der Waals surface area contributed by atoms with Gasteiger partial charge in [-0.3, -0.25) is 13.9 Å². The fourth-order valence-corrected chi connectivity index (χ4v) is 5.42. The van der Waals surface area contributed by atoms with E-state index in [1.54, 1.807) is 31.2 Å². The van der Waals surface area contributed by atoms with Crippen LogP contribution in [0.1, 0.15) is 38.2 Å². The van der Waals surface area contributed by atoms with Crippen LogP contribution in [0.25, 0.3) is 0 Å². The van der Waals surface area contributed by atoms with Crippen molar-refractivity contribution < 1.29 is 18.0 Å². The lowest BCUT2D eigenvalue weighted by Gasteiger charge is -2.32. The molecule has 0 aromatic heterocycles. The van der Waals surface area contributed by atoms with Crippen molar-refractivity contribution in [1.82, 2.24) is 10.2 Å². The number of amides is 2. The fraction of sp³-hybridized carbons (Fsp3) is 0.417. The van der Waals surface area contributed by atoms with Crippen LogP contribution in [0.2, 0.25) is 5.02 Å². The molecule has 1 fully saturated rings. The molecule has 34 heavy (non-hydrogen) atoms. The second kappa shape index (κ2) is 11.6. The number of carbonyl (C=O) groups excluding carboxylic acids is 2. The highest BCUT2D eigenvalue weighted by Crippen LogP contribution is 2.27. The molecule has 10 heteroatoms. The molecule has 0 aliphatic heterocycles. The van der Waals surface area contributed by atoms with Crippen LogP contribution in [0.3, 0.4) is 0 Å². The molecule has 0 radical (unpaired) electrons. The number of rotatable bonds is 9. The monoisotopic (exact) mass is 569 g/mol. The quantitative estimate of drug-likeness (QED) is 0.486. The molecule has 0 spiro atoms. The van der Waals surface area contributed by atoms with E-state index in [0.29, 0.717) is 0 Å². The third kappa shape index (κ3) is 6.96. The third-order valence-corrected chi connectivity index (χ3v) is 7.91. The Kier molecular flexibility index (Phi) is 9.01. The standard InChI is InChI=1S/C24H29BrClN3O4S/c1-17(24(31)27-20-7-3-4-8-20)28(15-18-11-13-19(25)14-12-18)23(30)16-29(34(2,32)33)22-10-6-5-9-21(22)26/h5-6,9-14,17,20H,3-4,7-8,15-16H2,1-2H3,(H,27,31). The number of halogens is 2. The summed E-state index contributed by atoms with van der Waals surface area (Å²) in [5.74, 6) is -0.747. The van der Waals surface area contributed by atoms with Crippen LogP contribution < -0.4 is 9.62 Å². The number of nitrogens with zero attached hydrogens (tertiary/aromatic N) is 2. The van der Waals surface area contributed by atoms with E-state index in [-0.39, 0.29) is 29.2 Å². The van der Waals surface area contributed by atoms with Gasteiger partial charge in [0.2, 0.25) is 21.8 Å². The Balaban J connectivity index is 1.88. The molecule has 0 bridgehead atoms. The predicted octanol–water partition coefficient (Wildman–Crippen LogP) is 4.34. The molecule has 1 N–H and O–H groups in total. The minimum atomic E-state index is -3.82. The van der Waals surface area contributed by atoms with E-state index < -0.39 is 28.5 Å². The van der Waals surface area contributed by atoms with Crippen LogP contribution in [-0.4, -0.2) is 50.0 Å². The average Bonchev–Trinajstić information content (AvgIpc) is 3.29. The Hall–Kier alpha value is -2.10. The van der Waals surface area contributed by atoms with E-state index in [4.69, 9.17) is 11.6 Å². The van der Waals surface area contributed by atoms with Gasteiger partial charge in [-0.2, -0.15) is 0 Å². The molecule has 2 aromatic rings. The summed E-state index contributed by atoms with van der Waals surface area (Å²) in [4.78, 5) is 28.0. The van der Waals surface area contributed by atoms with Gasteiger partial charge in [-0.05, 0) is 49.6 Å². The zero-order chi connectivity index (χ0) is 24.9. The largest absolute Gasteiger partial charge is 0.352 e. The summed E-state index contributed by atoms with van der Waals surface area (Å²) in [7, 11) is -3.82. The second-order valence-corrected chi connectivity index (χ2v) is 11.8. The maximum atomic E-state index is 13.5. The lowest BCUT2D eigenvalue weighted by Crippen LogP contribution is -2.52. The molecular weight excluding hydrogens is 542 g/mol. The van der Waals surface area contributed by atoms with E-state index >= 15 is 0 Å². The van der Waals surface area contributed by atoms with Gasteiger partial charge >= 0.3 is 0 Å². The van der Waals surface area contributed by atoms with Gasteiger partial charge in [0.15, 0.2) is 0 Å². The molecule has 1 aliphatic rings. The second-order valence-electron chi connectivity index (χ2n) is 8.54. The Morgan fingerprint density at radius 2 is 1.74 bits per heavy atom. The molecule has 7 nitrogen and oxygen atoms in total. The molecule has 2 aromatic carbocycles. The first-order valence-corrected chi connectivity index (χ1v) is 14.1. The summed E-state index contributed by atoms with van der Waals surface area (Å²) < 4.78 is 27.0. The summed E-state index contributed by atoms with van der Waals surface area (Å²) in [6.45, 7) is 1.35. The van der Waals surface area contributed by atoms with Crippen LogP contribution in [0.5, 0.6) is 0 Å². The van der Waals surface area contributed by atoms with Crippen molar-refractivity contribution in [2.45, 2.75) is 51.2 Å². The smallest absolute Gasteiger partial charge is 0.244 e. The van der Waals surface area contributed by atoms with Crippen molar-refractivity contribution in [3.8, 4) is 0 Å². The molecule has 1 aliphatic carbocycles. The molecule has 0 heterocycles. The maximum Gasteiger partial charge on any atom is 0.244 e. The van der Waals surface area contributed by atoms with Crippen LogP contribution >= 0.6 is 27.5 Å². The zero-order valence-corrected chi connectivity index (χ0v) is 22.4. The van der Waals surface area contributed by atoms with Crippen LogP contribution in [-0.2, 0) is 26.2 Å². The first-order chi connectivity index (χ1) is 16.1. The van der Waals surface area contributed by atoms with Gasteiger partial charge < -0.3 is 10.2 Å². The lowest BCUT2D eigenvalue weighted by atomic mass is 10.1. The van der Waals surface area contributed by atoms with E-state index in [1.807, 2.05) is 24.3 Å². The first-order valence-electron chi connectivity index (χ1n) is 11.1. The molecule has 1 unspecified atom stereocenters. The van der Waals surface area contributed by atoms with E-state index in [9.17, 15) is 18.0 Å². The number of sulfonamides is 1. The summed E-state index contributed by atoms with van der Waals surface area (Å²) >= 11 is 9.64. The number of hydrogen-bond donors (Lipinski definition) is 1. The zero-order valence-electron chi connectivity index (χ0n) is 19.2. The summed E-state index contributed by atoms with van der Waals surface area (Å²) in [6, 6.07) is 13.2. The minimum absolute atomic E-state index is 0.107. The highest BCUT2D eigenvalue weighted by atomic mass is 79.9. The summed E-state index contributed by atoms with van der Waals surface area (Å²) in [5, 5.41) is 3.25. The van der Waals surface area contributed by atoms with Gasteiger partial charge in [0.05, 0.1) is 17.0 Å². The van der Waals surface area contributed by atoms with Crippen LogP contribution in [0.15, 0.2) is 53.0 Å². The van der Waals surface area contributed by atoms with Crippen molar-refractivity contribution in [3.63, 3.8) is 0 Å². The number of nitrogens with one attached hydrogen (secondary N) is 1. The van der Waals surface area contributed by atoms with Gasteiger partial charge in [-0.15, -0.1) is 0 Å². The molecule has 3 rings (SSSR count). The van der Waals surface area contributed by atoms with Gasteiger partial charge in [0.1, 0.15) is 12.6 Å². The predicted molar refractivity (Wildman–Crippen MR) is 138 cm³/mol. The molecule has 1 saturated carbocycles. The number of benzene rings is 2. The number of para-hydroxylation sites is 1. The highest BCUT2D eigenvalue weighted by Gasteiger charge is 2.31. The number of hydrogen-bond acceptors (Lipinski definition) is 4. The lowest BCUT2D eigenvalue weighted by molar-refractivity contribution is -0.139. The van der Waals surface area contributed by atoms with Gasteiger partial charge in [-0.25, -0.2) is 8.42 Å². The van der Waals surface area contributed by atoms with E-state index in [2.05, 4.69) is 21.2 Å².